The van der Waals surface area contributed by atoms with Gasteiger partial charge in [-0.05, 0) is 272 Å². The predicted octanol–water partition coefficient (Wildman–Crippen LogP) is 25.1. The van der Waals surface area contributed by atoms with E-state index < -0.39 is 209 Å². The van der Waals surface area contributed by atoms with Gasteiger partial charge in [0.2, 0.25) is 0 Å². The van der Waals surface area contributed by atoms with Crippen LogP contribution in [0.3, 0.4) is 0 Å². The monoisotopic (exact) mass is 2140 g/mol. The molecule has 12 aliphatic rings. The first-order chi connectivity index (χ1) is 66.1. The summed E-state index contributed by atoms with van der Waals surface area (Å²) in [6.45, 7) is 51.4. The van der Waals surface area contributed by atoms with E-state index in [9.17, 15) is 132 Å². The first-order valence-electron chi connectivity index (χ1n) is 50.9. The summed E-state index contributed by atoms with van der Waals surface area (Å²) in [7, 11) is -0.975. The second kappa shape index (κ2) is 45.7. The van der Waals surface area contributed by atoms with Crippen molar-refractivity contribution in [2.75, 3.05) is 13.2 Å². The van der Waals surface area contributed by atoms with E-state index in [2.05, 4.69) is 68.5 Å². The summed E-state index contributed by atoms with van der Waals surface area (Å²) in [5, 5.41) is 10.6. The standard InChI is InChI=1S/C22H22F10O6.C18H22F4O6.C16H26O3.C16H30O2.C12H26O2Si.C12H16O2.C9H15F3O2/c1-4-16(2,3)13(33)37-11-8-5-9-12(11)38-15(35)17(9,6-8)14(34)36-7-10-18(23,24)20(27,28)22(31,32)21(29,30)19(10,25)26;1-5-15(2,3)12(23)26-10-8-6-9-11(10)27-13(24)17(9,7-8)14(25)28-16(4,19)18(20,21)22;1-4-14(2,3)13(17)19-16-8-11-5-12(9-16)7-15(18,6-11)10-16;1-7-16(5,6)14(17)18-13-10-8-12(9-11-13)15(2,3)4;1-7-12(2,3)11(13)14-9-8-10-15(4,5)6;1-4-9(2)11-5-7-12(8-6-11)14-10(3)13;1-5-8(3,4)7(13)14-6(2)9(10,11)12/h8-12H,4-7H2,1-3H3;8-11H,5-7H2,1-4H3;11-12,18H,4-10H2,1-3H3;12-13H,7-11H2,1-6H3;7-10H2,1-6H3;5-9H,4H2,1-3H3;6H,5H2,1-4H3. The Bertz CT molecular complexity index is 4670. The van der Waals surface area contributed by atoms with Crippen molar-refractivity contribution in [2.24, 2.45) is 96.1 Å². The number of carbonyl (C=O) groups excluding carboxylic acids is 11. The number of hydrogen-bond acceptors (Lipinski definition) is 23. The predicted molar refractivity (Wildman–Crippen MR) is 504 cm³/mol. The van der Waals surface area contributed by atoms with Crippen LogP contribution < -0.4 is 4.74 Å². The Hall–Kier alpha value is -7.62. The normalized spacial score (nSPS) is 29.6. The fourth-order valence-corrected chi connectivity index (χ4v) is 21.2. The van der Waals surface area contributed by atoms with Gasteiger partial charge in [-0.15, -0.1) is 0 Å². The number of halogens is 17. The van der Waals surface area contributed by atoms with Gasteiger partial charge in [-0.25, -0.2) is 0 Å². The molecule has 8 bridgehead atoms. The van der Waals surface area contributed by atoms with Crippen LogP contribution in [-0.4, -0.2) is 188 Å². The van der Waals surface area contributed by atoms with Crippen molar-refractivity contribution in [3.8, 4) is 5.75 Å². The van der Waals surface area contributed by atoms with E-state index in [0.29, 0.717) is 61.2 Å². The van der Waals surface area contributed by atoms with E-state index in [1.807, 2.05) is 93.5 Å². The Morgan fingerprint density at radius 3 is 1.25 bits per heavy atom. The van der Waals surface area contributed by atoms with E-state index in [4.69, 9.17) is 37.9 Å². The average molecular weight is 2140 g/mol. The lowest BCUT2D eigenvalue weighted by atomic mass is 9.52. The van der Waals surface area contributed by atoms with Crippen molar-refractivity contribution in [3.63, 3.8) is 0 Å². The smallest absolute Gasteiger partial charge is 0.460 e. The molecule has 13 rings (SSSR count). The zero-order valence-electron chi connectivity index (χ0n) is 90.0. The average Bonchev–Trinajstić information content (AvgIpc) is 1.06. The Morgan fingerprint density at radius 1 is 0.486 bits per heavy atom. The van der Waals surface area contributed by atoms with Crippen molar-refractivity contribution < 1.29 is 185 Å². The number of carbonyl (C=O) groups is 11. The van der Waals surface area contributed by atoms with Gasteiger partial charge in [-0.3, -0.25) is 52.7 Å². The molecular formula is C105H157F17O23Si. The van der Waals surface area contributed by atoms with Gasteiger partial charge in [0, 0.05) is 52.0 Å². The third kappa shape index (κ3) is 27.7. The van der Waals surface area contributed by atoms with Crippen molar-refractivity contribution in [2.45, 2.75) is 449 Å². The molecule has 15 atom stereocenters. The molecule has 23 nitrogen and oxygen atoms in total. The SMILES string of the molecule is CCC(C)(C)C(=O)OC(C)C(F)(F)F.CCC(C)(C)C(=O)OC12CC3CC(CC(O)(C3)C1)C2.CCC(C)(C)C(=O)OC1C2CC3C1OC(=O)C3(C(=O)OC(C)(F)C(F)(F)F)C2.CCC(C)(C)C(=O)OC1C2CC3C1OC(=O)C3(C(=O)OCC1C(F)(F)C(F)(F)C(F)(F)C(F)(F)C1(F)F)C2.CCC(C)(C)C(=O)OC1CCC(C(C)(C)C)CC1.CCC(C)(C)C(=O)OCCC[Si](C)(C)C.CCC(C)c1ccc(OC(C)=O)cc1. The minimum absolute atomic E-state index is 0.00806. The van der Waals surface area contributed by atoms with Gasteiger partial charge < -0.3 is 57.2 Å². The zero-order chi connectivity index (χ0) is 112. The fourth-order valence-electron chi connectivity index (χ4n) is 20.0. The van der Waals surface area contributed by atoms with E-state index in [1.54, 1.807) is 55.4 Å². The number of benzene rings is 1. The van der Waals surface area contributed by atoms with E-state index >= 15 is 0 Å². The zero-order valence-corrected chi connectivity index (χ0v) is 91.0. The number of ether oxygens (including phenoxy) is 11. The minimum atomic E-state index is -7.14. The number of fused-ring (bicyclic) bond motifs is 2. The van der Waals surface area contributed by atoms with Gasteiger partial charge in [0.05, 0.1) is 44.7 Å². The van der Waals surface area contributed by atoms with Crippen LogP contribution in [-0.2, 0) is 100 Å². The molecule has 1 N–H and O–H groups in total. The van der Waals surface area contributed by atoms with Crippen molar-refractivity contribution >= 4 is 73.7 Å². The van der Waals surface area contributed by atoms with E-state index in [-0.39, 0.29) is 72.6 Å². The molecule has 2 heterocycles. The Morgan fingerprint density at radius 2 is 0.877 bits per heavy atom. The number of alkyl halides is 17. The van der Waals surface area contributed by atoms with Crippen LogP contribution in [0, 0.1) is 96.1 Å². The molecule has 0 amide bonds. The molecular weight excluding hydrogens is 1980 g/mol. The van der Waals surface area contributed by atoms with Crippen LogP contribution in [0.15, 0.2) is 24.3 Å². The number of hydrogen-bond donors (Lipinski definition) is 1. The van der Waals surface area contributed by atoms with Gasteiger partial charge in [0.15, 0.2) is 16.9 Å². The Kier molecular flexibility index (Phi) is 39.8. The maximum atomic E-state index is 14.1. The lowest BCUT2D eigenvalue weighted by Gasteiger charge is -2.59. The molecule has 2 saturated heterocycles. The largest absolute Gasteiger partial charge is 0.465 e. The molecule has 12 fully saturated rings. The van der Waals surface area contributed by atoms with Crippen LogP contribution in [0.2, 0.25) is 25.7 Å². The van der Waals surface area contributed by atoms with Crippen LogP contribution >= 0.6 is 0 Å². The maximum Gasteiger partial charge on any atom is 0.460 e. The van der Waals surface area contributed by atoms with E-state index in [0.717, 1.165) is 83.5 Å². The number of esters is 11. The Labute approximate surface area is 848 Å². The molecule has 0 radical (unpaired) electrons. The molecule has 1 aromatic carbocycles. The first kappa shape index (κ1) is 127. The molecule has 1 aromatic rings. The van der Waals surface area contributed by atoms with Gasteiger partial charge >= 0.3 is 113 Å². The summed E-state index contributed by atoms with van der Waals surface area (Å²) < 4.78 is 282. The first-order valence-corrected chi connectivity index (χ1v) is 54.6. The third-order valence-electron chi connectivity index (χ3n) is 32.5. The van der Waals surface area contributed by atoms with Crippen LogP contribution in [0.25, 0.3) is 0 Å². The highest BCUT2D eigenvalue weighted by Gasteiger charge is 2.95. The molecule has 41 heteroatoms. The van der Waals surface area contributed by atoms with E-state index in [1.165, 1.54) is 37.8 Å². The van der Waals surface area contributed by atoms with Crippen LogP contribution in [0.4, 0.5) is 74.6 Å². The van der Waals surface area contributed by atoms with Gasteiger partial charge in [0.25, 0.3) is 0 Å². The topological polar surface area (TPSA) is 310 Å². The molecule has 10 aliphatic carbocycles. The maximum absolute atomic E-state index is 14.1. The van der Waals surface area contributed by atoms with Gasteiger partial charge in [-0.2, -0.15) is 74.6 Å². The van der Waals surface area contributed by atoms with Crippen molar-refractivity contribution in [3.05, 3.63) is 29.8 Å². The summed E-state index contributed by atoms with van der Waals surface area (Å²) in [4.78, 5) is 133. The summed E-state index contributed by atoms with van der Waals surface area (Å²) in [5.74, 6) is -50.8. The van der Waals surface area contributed by atoms with Gasteiger partial charge in [-0.1, -0.05) is 114 Å². The lowest BCUT2D eigenvalue weighted by Crippen LogP contribution is -2.78. The fraction of sp³-hybridized carbons (Fsp3) is 0.838. The second-order valence-corrected chi connectivity index (χ2v) is 53.9. The summed E-state index contributed by atoms with van der Waals surface area (Å²) in [6, 6.07) is 8.91. The second-order valence-electron chi connectivity index (χ2n) is 48.2. The highest BCUT2D eigenvalue weighted by Crippen LogP contribution is 2.69. The molecule has 0 aromatic heterocycles. The highest BCUT2D eigenvalue weighted by atomic mass is 28.3. The van der Waals surface area contributed by atoms with Gasteiger partial charge in [0.1, 0.15) is 54.4 Å². The Balaban J connectivity index is 0.000000270. The molecule has 838 valence electrons. The third-order valence-corrected chi connectivity index (χ3v) is 34.3. The molecule has 2 aliphatic heterocycles. The number of rotatable bonds is 29. The summed E-state index contributed by atoms with van der Waals surface area (Å²) >= 11 is 0. The van der Waals surface area contributed by atoms with Crippen LogP contribution in [0.5, 0.6) is 5.75 Å². The van der Waals surface area contributed by atoms with Crippen LogP contribution in [0.1, 0.15) is 333 Å². The molecule has 10 saturated carbocycles. The quantitative estimate of drug-likeness (QED) is 0.0148. The molecule has 0 spiro atoms. The van der Waals surface area contributed by atoms with Crippen molar-refractivity contribution in [1.29, 1.82) is 0 Å². The summed E-state index contributed by atoms with van der Waals surface area (Å²) in [5.41, 5.74) is -7.12. The molecule has 15 unspecified atom stereocenters. The number of aliphatic hydroxyl groups is 1. The van der Waals surface area contributed by atoms with Crippen molar-refractivity contribution in [1.82, 2.24) is 0 Å². The highest BCUT2D eigenvalue weighted by molar-refractivity contribution is 6.76. The molecule has 146 heavy (non-hydrogen) atoms. The minimum Gasteiger partial charge on any atom is -0.465 e. The lowest BCUT2D eigenvalue weighted by molar-refractivity contribution is -0.465. The summed E-state index contributed by atoms with van der Waals surface area (Å²) in [6.07, 6.45) is -0.128.